The van der Waals surface area contributed by atoms with Crippen molar-refractivity contribution in [3.63, 3.8) is 0 Å². The minimum absolute atomic E-state index is 0.0261. The normalized spacial score (nSPS) is 50.1. The molecule has 0 aromatic rings. The summed E-state index contributed by atoms with van der Waals surface area (Å²) in [6.45, 7) is 11.3. The highest BCUT2D eigenvalue weighted by molar-refractivity contribution is 5.87. The lowest BCUT2D eigenvalue weighted by atomic mass is 9.47. The third-order valence-electron chi connectivity index (χ3n) is 17.2. The van der Waals surface area contributed by atoms with Gasteiger partial charge in [0, 0.05) is 63.7 Å². The van der Waals surface area contributed by atoms with Crippen molar-refractivity contribution in [3.05, 3.63) is 0 Å². The maximum atomic E-state index is 12.5. The molecule has 2 heterocycles. The molecule has 2 amide bonds. The maximum absolute atomic E-state index is 12.5. The Balaban J connectivity index is 0.000000147. The number of carbonyl (C=O) groups is 4. The first-order chi connectivity index (χ1) is 21.7. The van der Waals surface area contributed by atoms with Crippen LogP contribution < -0.4 is 0 Å². The van der Waals surface area contributed by atoms with Gasteiger partial charge in [-0.1, -0.05) is 27.7 Å². The van der Waals surface area contributed by atoms with Gasteiger partial charge in [-0.2, -0.15) is 0 Å². The number of hydrogen-bond donors (Lipinski definition) is 0. The van der Waals surface area contributed by atoms with Crippen molar-refractivity contribution < 1.29 is 19.2 Å². The highest BCUT2D eigenvalue weighted by Gasteiger charge is 2.61. The van der Waals surface area contributed by atoms with Crippen molar-refractivity contribution >= 4 is 23.4 Å². The Bertz CT molecular complexity index is 1230. The second-order valence-electron chi connectivity index (χ2n) is 18.7. The van der Waals surface area contributed by atoms with Gasteiger partial charge >= 0.3 is 0 Å². The number of likely N-dealkylation sites (tertiary alicyclic amines) is 2. The highest BCUT2D eigenvalue weighted by atomic mass is 16.2. The molecular formula is C40H62N2O4. The standard InChI is InChI=1S/2C20H31NO2/c1-19-11-9-18(23)21(3)12-13(19)4-5-14-15-6-7-17(22)20(15,2)10-8-16(14)19;1-19-10-11-21(3)18(23)12-13(19)4-5-14-15-6-7-17(22)20(15,2)9-8-16(14)19/h2*13-16H,4-12H2,1-3H3/t2*13-,14-,15-,16-,19-,20-/m00/s1. The van der Waals surface area contributed by atoms with Crippen LogP contribution in [-0.2, 0) is 19.2 Å². The molecule has 8 rings (SSSR count). The largest absolute Gasteiger partial charge is 0.346 e. The van der Waals surface area contributed by atoms with E-state index in [9.17, 15) is 19.2 Å². The third kappa shape index (κ3) is 4.82. The molecule has 2 saturated heterocycles. The Labute approximate surface area is 278 Å². The van der Waals surface area contributed by atoms with Crippen LogP contribution in [0, 0.1) is 69.0 Å². The number of nitrogens with zero attached hydrogens (tertiary/aromatic N) is 2. The number of carbonyl (C=O) groups excluding carboxylic acids is 4. The summed E-state index contributed by atoms with van der Waals surface area (Å²) in [6.07, 6.45) is 17.1. The van der Waals surface area contributed by atoms with Crippen LogP contribution in [0.2, 0.25) is 0 Å². The minimum atomic E-state index is -0.0261. The molecule has 0 aromatic carbocycles. The summed E-state index contributed by atoms with van der Waals surface area (Å²) in [6, 6.07) is 0. The summed E-state index contributed by atoms with van der Waals surface area (Å²) in [5.41, 5.74) is 0.552. The van der Waals surface area contributed by atoms with Gasteiger partial charge in [-0.3, -0.25) is 19.2 Å². The van der Waals surface area contributed by atoms with Gasteiger partial charge in [0.1, 0.15) is 11.6 Å². The van der Waals surface area contributed by atoms with Crippen LogP contribution in [0.3, 0.4) is 0 Å². The summed E-state index contributed by atoms with van der Waals surface area (Å²) in [4.78, 5) is 53.4. The lowest BCUT2D eigenvalue weighted by Gasteiger charge is -2.57. The predicted molar refractivity (Wildman–Crippen MR) is 180 cm³/mol. The molecular weight excluding hydrogens is 572 g/mol. The Hall–Kier alpha value is -1.72. The van der Waals surface area contributed by atoms with Gasteiger partial charge in [-0.05, 0) is 135 Å². The van der Waals surface area contributed by atoms with Crippen molar-refractivity contribution in [1.82, 2.24) is 9.80 Å². The van der Waals surface area contributed by atoms with Crippen molar-refractivity contribution in [2.24, 2.45) is 69.0 Å². The van der Waals surface area contributed by atoms with E-state index in [4.69, 9.17) is 0 Å². The molecule has 0 radical (unpaired) electrons. The van der Waals surface area contributed by atoms with Crippen LogP contribution in [-0.4, -0.2) is 60.4 Å². The van der Waals surface area contributed by atoms with Gasteiger partial charge in [-0.15, -0.1) is 0 Å². The Morgan fingerprint density at radius 2 is 1.04 bits per heavy atom. The zero-order chi connectivity index (χ0) is 32.8. The predicted octanol–water partition coefficient (Wildman–Crippen LogP) is 7.33. The van der Waals surface area contributed by atoms with E-state index in [0.29, 0.717) is 64.3 Å². The van der Waals surface area contributed by atoms with Gasteiger partial charge in [-0.25, -0.2) is 0 Å². The van der Waals surface area contributed by atoms with Gasteiger partial charge in [0.2, 0.25) is 11.8 Å². The first-order valence-electron chi connectivity index (χ1n) is 19.3. The summed E-state index contributed by atoms with van der Waals surface area (Å²) >= 11 is 0. The van der Waals surface area contributed by atoms with Gasteiger partial charge in [0.15, 0.2) is 0 Å². The first kappa shape index (κ1) is 32.8. The summed E-state index contributed by atoms with van der Waals surface area (Å²) in [5.74, 6) is 7.07. The molecule has 256 valence electrons. The lowest BCUT2D eigenvalue weighted by Crippen LogP contribution is -2.52. The van der Waals surface area contributed by atoms with Gasteiger partial charge in [0.25, 0.3) is 0 Å². The smallest absolute Gasteiger partial charge is 0.222 e. The van der Waals surface area contributed by atoms with E-state index in [1.165, 1.54) is 38.5 Å². The van der Waals surface area contributed by atoms with E-state index >= 15 is 0 Å². The molecule has 6 saturated carbocycles. The number of fused-ring (bicyclic) bond motifs is 10. The van der Waals surface area contributed by atoms with Crippen molar-refractivity contribution in [3.8, 4) is 0 Å². The monoisotopic (exact) mass is 634 g/mol. The van der Waals surface area contributed by atoms with Crippen molar-refractivity contribution in [2.45, 2.75) is 130 Å². The number of ketones is 2. The molecule has 8 aliphatic rings. The fraction of sp³-hybridized carbons (Fsp3) is 0.900. The summed E-state index contributed by atoms with van der Waals surface area (Å²) < 4.78 is 0. The fourth-order valence-electron chi connectivity index (χ4n) is 13.9. The van der Waals surface area contributed by atoms with E-state index in [-0.39, 0.29) is 10.8 Å². The molecule has 6 heteroatoms. The fourth-order valence-corrected chi connectivity index (χ4v) is 13.9. The molecule has 46 heavy (non-hydrogen) atoms. The van der Waals surface area contributed by atoms with Crippen molar-refractivity contribution in [2.75, 3.05) is 27.2 Å². The van der Waals surface area contributed by atoms with E-state index in [2.05, 4.69) is 27.7 Å². The number of Topliss-reactive ketones (excluding diaryl/α,β-unsaturated/α-hetero) is 2. The molecule has 0 spiro atoms. The van der Waals surface area contributed by atoms with Crippen molar-refractivity contribution in [1.29, 1.82) is 0 Å². The molecule has 12 atom stereocenters. The minimum Gasteiger partial charge on any atom is -0.346 e. The van der Waals surface area contributed by atoms with Crippen LogP contribution in [0.15, 0.2) is 0 Å². The molecule has 6 aliphatic carbocycles. The lowest BCUT2D eigenvalue weighted by molar-refractivity contribution is -0.137. The molecule has 6 nitrogen and oxygen atoms in total. The van der Waals surface area contributed by atoms with E-state index in [0.717, 1.165) is 94.5 Å². The summed E-state index contributed by atoms with van der Waals surface area (Å²) in [5, 5.41) is 0. The highest BCUT2D eigenvalue weighted by Crippen LogP contribution is 2.66. The van der Waals surface area contributed by atoms with Crippen LogP contribution in [0.5, 0.6) is 0 Å². The van der Waals surface area contributed by atoms with Crippen LogP contribution in [0.4, 0.5) is 0 Å². The van der Waals surface area contributed by atoms with E-state index < -0.39 is 0 Å². The molecule has 0 N–H and O–H groups in total. The zero-order valence-electron chi connectivity index (χ0n) is 29.9. The molecule has 8 fully saturated rings. The quantitative estimate of drug-likeness (QED) is 0.280. The van der Waals surface area contributed by atoms with E-state index in [1.807, 2.05) is 23.9 Å². The molecule has 0 aromatic heterocycles. The topological polar surface area (TPSA) is 74.8 Å². The zero-order valence-corrected chi connectivity index (χ0v) is 29.9. The van der Waals surface area contributed by atoms with Crippen LogP contribution >= 0.6 is 0 Å². The third-order valence-corrected chi connectivity index (χ3v) is 17.2. The average molecular weight is 635 g/mol. The number of amides is 2. The van der Waals surface area contributed by atoms with E-state index in [1.54, 1.807) is 0 Å². The number of hydrogen-bond acceptors (Lipinski definition) is 4. The molecule has 0 unspecified atom stereocenters. The van der Waals surface area contributed by atoms with Gasteiger partial charge < -0.3 is 9.80 Å². The van der Waals surface area contributed by atoms with Gasteiger partial charge in [0.05, 0.1) is 0 Å². The van der Waals surface area contributed by atoms with Crippen LogP contribution in [0.25, 0.3) is 0 Å². The average Bonchev–Trinajstić information content (AvgIpc) is 3.43. The van der Waals surface area contributed by atoms with Crippen LogP contribution in [0.1, 0.15) is 130 Å². The second kappa shape index (κ2) is 11.4. The second-order valence-corrected chi connectivity index (χ2v) is 18.7. The maximum Gasteiger partial charge on any atom is 0.222 e. The summed E-state index contributed by atoms with van der Waals surface area (Å²) in [7, 11) is 3.95. The molecule has 2 aliphatic heterocycles. The Kier molecular flexibility index (Phi) is 8.15. The number of rotatable bonds is 0. The Morgan fingerprint density at radius 1 is 0.522 bits per heavy atom. The SMILES string of the molecule is CN1CC[C@@]2(C)[C@@H](CC[C@@H]3[C@@H]2CC[C@]2(C)C(=O)CC[C@@H]32)CC1=O.CN1C[C@@H]2CC[C@@H]3[C@H](CC[C@]4(C)C(=O)CC[C@@H]34)[C@@]2(C)CCC1=O. The first-order valence-corrected chi connectivity index (χ1v) is 19.3. The molecule has 0 bridgehead atoms. The Morgan fingerprint density at radius 3 is 1.61 bits per heavy atom.